The van der Waals surface area contributed by atoms with Crippen LogP contribution in [0.4, 0.5) is 14.5 Å². The number of thiophene rings is 1. The van der Waals surface area contributed by atoms with Gasteiger partial charge in [-0.05, 0) is 79.5 Å². The van der Waals surface area contributed by atoms with Gasteiger partial charge in [0.1, 0.15) is 17.1 Å². The molecule has 0 bridgehead atoms. The number of nitrogens with zero attached hydrogens (tertiary/aromatic N) is 4. The fourth-order valence-electron chi connectivity index (χ4n) is 6.13. The van der Waals surface area contributed by atoms with Gasteiger partial charge in [-0.1, -0.05) is 6.07 Å². The largest absolute Gasteiger partial charge is 0.399 e. The Balaban J connectivity index is 1.21. The monoisotopic (exact) mass is 759 g/mol. The van der Waals surface area contributed by atoms with E-state index in [0.29, 0.717) is 42.6 Å². The topological polar surface area (TPSA) is 160 Å². The lowest BCUT2D eigenvalue weighted by Gasteiger charge is -2.33. The lowest BCUT2D eigenvalue weighted by Crippen LogP contribution is -2.55. The molecule has 4 aromatic rings. The van der Waals surface area contributed by atoms with Crippen molar-refractivity contribution in [3.05, 3.63) is 70.5 Å². The maximum atomic E-state index is 14.3. The summed E-state index contributed by atoms with van der Waals surface area (Å²) in [7, 11) is -2.50. The summed E-state index contributed by atoms with van der Waals surface area (Å²) >= 11 is 2.48. The number of carbonyl (C=O) groups is 4. The average Bonchev–Trinajstić information content (AvgIpc) is 3.46. The van der Waals surface area contributed by atoms with E-state index in [4.69, 9.17) is 9.79 Å². The fourth-order valence-corrected chi connectivity index (χ4v) is 8.19. The number of likely N-dealkylation sites (tertiary alicyclic amines) is 1. The number of rotatable bonds is 12. The van der Waals surface area contributed by atoms with Crippen molar-refractivity contribution in [2.75, 3.05) is 32.1 Å². The van der Waals surface area contributed by atoms with Crippen LogP contribution in [0.25, 0.3) is 20.7 Å². The van der Waals surface area contributed by atoms with Crippen molar-refractivity contribution in [1.29, 1.82) is 0 Å². The molecule has 2 aromatic heterocycles. The summed E-state index contributed by atoms with van der Waals surface area (Å²) in [4.78, 5) is 81.7. The van der Waals surface area contributed by atoms with Gasteiger partial charge in [0.05, 0.1) is 4.88 Å². The standard InChI is InChI=1S/C34H36F2N5O7PS2/c1-39(2)28(42)13-16-40(24-10-7-21(8-11-24)31-37-14-17-50-31)32(44)25-4-3-15-41(25)33(45)29(20-5-6-20)38-30(43)27-19-22-18-23(9-12-26(22)51-27)34(35,36)49(46,47)48/h7-12,14,17-20,25,29H,3-6,13,15-16H2,1-2H3,(H,38,43)(H2,46,47,48)/t25?,29-/m0/s1. The first-order chi connectivity index (χ1) is 24.2. The number of nitrogens with one attached hydrogen (secondary N) is 1. The third-order valence-corrected chi connectivity index (χ3v) is 12.0. The number of aromatic nitrogens is 1. The van der Waals surface area contributed by atoms with Crippen molar-refractivity contribution >= 4 is 69.7 Å². The molecular formula is C34H36F2N5O7PS2. The van der Waals surface area contributed by atoms with E-state index in [1.165, 1.54) is 38.2 Å². The second-order valence-electron chi connectivity index (χ2n) is 12.8. The van der Waals surface area contributed by atoms with Gasteiger partial charge in [-0.2, -0.15) is 8.78 Å². The molecule has 1 aliphatic carbocycles. The third kappa shape index (κ3) is 7.75. The Morgan fingerprint density at radius 3 is 2.43 bits per heavy atom. The molecule has 4 amide bonds. The van der Waals surface area contributed by atoms with E-state index in [2.05, 4.69) is 10.3 Å². The van der Waals surface area contributed by atoms with Crippen molar-refractivity contribution in [1.82, 2.24) is 20.1 Å². The number of hydrogen-bond acceptors (Lipinski definition) is 8. The van der Waals surface area contributed by atoms with Crippen LogP contribution in [-0.2, 0) is 24.6 Å². The normalized spacial score (nSPS) is 17.0. The van der Waals surface area contributed by atoms with Crippen LogP contribution in [0, 0.1) is 5.92 Å². The van der Waals surface area contributed by atoms with Crippen LogP contribution >= 0.6 is 30.3 Å². The molecule has 12 nitrogen and oxygen atoms in total. The molecule has 0 spiro atoms. The molecule has 0 radical (unpaired) electrons. The van der Waals surface area contributed by atoms with Crippen LogP contribution < -0.4 is 10.2 Å². The van der Waals surface area contributed by atoms with Gasteiger partial charge in [0.25, 0.3) is 5.91 Å². The minimum Gasteiger partial charge on any atom is -0.349 e. The zero-order chi connectivity index (χ0) is 36.7. The first-order valence-electron chi connectivity index (χ1n) is 16.3. The van der Waals surface area contributed by atoms with Crippen LogP contribution in [0.5, 0.6) is 0 Å². The molecule has 1 unspecified atom stereocenters. The zero-order valence-corrected chi connectivity index (χ0v) is 30.2. The van der Waals surface area contributed by atoms with Crippen molar-refractivity contribution in [3.63, 3.8) is 0 Å². The number of thiazole rings is 1. The number of carbonyl (C=O) groups excluding carboxylic acids is 4. The van der Waals surface area contributed by atoms with E-state index in [-0.39, 0.29) is 41.0 Å². The smallest absolute Gasteiger partial charge is 0.349 e. The minimum absolute atomic E-state index is 0.0714. The van der Waals surface area contributed by atoms with Gasteiger partial charge < -0.3 is 29.8 Å². The number of hydrogen-bond donors (Lipinski definition) is 3. The molecule has 2 aliphatic rings. The zero-order valence-electron chi connectivity index (χ0n) is 27.7. The van der Waals surface area contributed by atoms with Crippen LogP contribution in [0.1, 0.15) is 47.3 Å². The molecule has 1 saturated heterocycles. The van der Waals surface area contributed by atoms with E-state index >= 15 is 0 Å². The molecule has 17 heteroatoms. The minimum atomic E-state index is -5.78. The van der Waals surface area contributed by atoms with Gasteiger partial charge in [0.15, 0.2) is 0 Å². The highest BCUT2D eigenvalue weighted by Crippen LogP contribution is 2.59. The Morgan fingerprint density at radius 1 is 1.08 bits per heavy atom. The predicted octanol–water partition coefficient (Wildman–Crippen LogP) is 5.26. The lowest BCUT2D eigenvalue weighted by atomic mass is 10.1. The third-order valence-electron chi connectivity index (χ3n) is 9.09. The van der Waals surface area contributed by atoms with Crippen molar-refractivity contribution in [2.24, 2.45) is 5.92 Å². The van der Waals surface area contributed by atoms with Crippen LogP contribution in [0.15, 0.2) is 60.1 Å². The van der Waals surface area contributed by atoms with Crippen LogP contribution in [0.3, 0.4) is 0 Å². The van der Waals surface area contributed by atoms with Crippen LogP contribution in [0.2, 0.25) is 0 Å². The summed E-state index contributed by atoms with van der Waals surface area (Å²) in [6.45, 7) is 0.405. The first kappa shape index (κ1) is 36.7. The first-order valence-corrected chi connectivity index (χ1v) is 19.6. The summed E-state index contributed by atoms with van der Waals surface area (Å²) in [6, 6.07) is 10.0. The highest BCUT2D eigenvalue weighted by molar-refractivity contribution is 7.52. The Labute approximate surface area is 300 Å². The van der Waals surface area contributed by atoms with E-state index in [1.54, 1.807) is 32.4 Å². The Morgan fingerprint density at radius 2 is 1.80 bits per heavy atom. The summed E-state index contributed by atoms with van der Waals surface area (Å²) < 4.78 is 40.5. The number of anilines is 1. The Kier molecular flexibility index (Phi) is 10.4. The molecule has 270 valence electrons. The predicted molar refractivity (Wildman–Crippen MR) is 190 cm³/mol. The van der Waals surface area contributed by atoms with Gasteiger partial charge in [-0.15, -0.1) is 22.7 Å². The number of amides is 4. The van der Waals surface area contributed by atoms with Crippen molar-refractivity contribution in [2.45, 2.75) is 49.9 Å². The maximum absolute atomic E-state index is 14.3. The molecule has 2 atom stereocenters. The number of alkyl halides is 2. The highest BCUT2D eigenvalue weighted by Gasteiger charge is 2.50. The Hall–Kier alpha value is -4.08. The van der Waals surface area contributed by atoms with Gasteiger partial charge in [-0.25, -0.2) is 4.98 Å². The van der Waals surface area contributed by atoms with Gasteiger partial charge in [0, 0.05) is 66.7 Å². The molecule has 1 saturated carbocycles. The Bertz CT molecular complexity index is 2000. The quantitative estimate of drug-likeness (QED) is 0.165. The van der Waals surface area contributed by atoms with E-state index in [0.717, 1.165) is 34.0 Å². The second-order valence-corrected chi connectivity index (χ2v) is 16.5. The second kappa shape index (κ2) is 14.5. The molecule has 3 N–H and O–H groups in total. The molecule has 2 fully saturated rings. The molecule has 6 rings (SSSR count). The van der Waals surface area contributed by atoms with E-state index in [9.17, 15) is 32.5 Å². The molecule has 51 heavy (non-hydrogen) atoms. The maximum Gasteiger partial charge on any atom is 0.399 e. The fraction of sp³-hybridized carbons (Fsp3) is 0.382. The molecule has 1 aliphatic heterocycles. The molecule has 2 aromatic carbocycles. The van der Waals surface area contributed by atoms with E-state index < -0.39 is 42.7 Å². The van der Waals surface area contributed by atoms with Crippen LogP contribution in [-0.4, -0.2) is 87.5 Å². The average molecular weight is 760 g/mol. The lowest BCUT2D eigenvalue weighted by molar-refractivity contribution is -0.139. The molecular weight excluding hydrogens is 724 g/mol. The summed E-state index contributed by atoms with van der Waals surface area (Å²) in [5.41, 5.74) is -3.82. The van der Waals surface area contributed by atoms with E-state index in [1.807, 2.05) is 17.5 Å². The van der Waals surface area contributed by atoms with Gasteiger partial charge in [0.2, 0.25) is 17.7 Å². The number of fused-ring (bicyclic) bond motifs is 1. The van der Waals surface area contributed by atoms with Gasteiger partial charge in [-0.3, -0.25) is 23.7 Å². The number of benzene rings is 2. The molecule has 3 heterocycles. The van der Waals surface area contributed by atoms with Crippen molar-refractivity contribution < 1.29 is 42.3 Å². The SMILES string of the molecule is CN(C)C(=O)CCN(C(=O)C1CCCN1C(=O)[C@@H](NC(=O)c1cc2cc(C(F)(F)P(=O)(O)O)ccc2s1)C1CC1)c1ccc(-c2nccs2)cc1. The highest BCUT2D eigenvalue weighted by atomic mass is 32.1. The number of halogens is 2. The summed E-state index contributed by atoms with van der Waals surface area (Å²) in [6.07, 6.45) is 4.14. The summed E-state index contributed by atoms with van der Waals surface area (Å²) in [5, 5.41) is 5.71. The van der Waals surface area contributed by atoms with Gasteiger partial charge >= 0.3 is 13.3 Å². The summed E-state index contributed by atoms with van der Waals surface area (Å²) in [5.74, 6) is -1.63. The van der Waals surface area contributed by atoms with Crippen molar-refractivity contribution in [3.8, 4) is 10.6 Å².